The van der Waals surface area contributed by atoms with Gasteiger partial charge in [-0.25, -0.2) is 0 Å². The van der Waals surface area contributed by atoms with Crippen LogP contribution in [0.4, 0.5) is 0 Å². The fourth-order valence-corrected chi connectivity index (χ4v) is 1.49. The third-order valence-electron chi connectivity index (χ3n) is 3.01. The molecule has 0 amide bonds. The average Bonchev–Trinajstić information content (AvgIpc) is 3.09. The van der Waals surface area contributed by atoms with Gasteiger partial charge in [0.05, 0.1) is 26.9 Å². The maximum atomic E-state index is 9.74. The Labute approximate surface area is 101 Å². The van der Waals surface area contributed by atoms with Crippen LogP contribution in [-0.2, 0) is 16.1 Å². The van der Waals surface area contributed by atoms with E-state index >= 15 is 0 Å². The molecule has 4 nitrogen and oxygen atoms in total. The molecular weight excluding hydrogens is 220 g/mol. The number of hydrogen-bond donors (Lipinski definition) is 1. The zero-order chi connectivity index (χ0) is 12.3. The maximum Gasteiger partial charge on any atom is 0.118 e. The third kappa shape index (κ3) is 3.19. The first-order valence-corrected chi connectivity index (χ1v) is 5.67. The highest BCUT2D eigenvalue weighted by molar-refractivity contribution is 5.26. The number of aliphatic hydroxyl groups excluding tert-OH is 1. The Bertz CT molecular complexity index is 356. The number of methoxy groups -OCH3 is 1. The third-order valence-corrected chi connectivity index (χ3v) is 3.01. The zero-order valence-corrected chi connectivity index (χ0v) is 10.2. The molecule has 1 N–H and O–H groups in total. The number of aliphatic hydroxyl groups is 1. The Morgan fingerprint density at radius 1 is 1.41 bits per heavy atom. The van der Waals surface area contributed by atoms with E-state index in [9.17, 15) is 5.11 Å². The predicted molar refractivity (Wildman–Crippen MR) is 63.0 cm³/mol. The van der Waals surface area contributed by atoms with E-state index in [2.05, 4.69) is 0 Å². The van der Waals surface area contributed by atoms with Crippen molar-refractivity contribution in [3.8, 4) is 5.75 Å². The summed E-state index contributed by atoms with van der Waals surface area (Å²) in [5.41, 5.74) is 0.666. The molecule has 1 aliphatic rings. The second-order valence-electron chi connectivity index (χ2n) is 4.48. The number of hydrogen-bond acceptors (Lipinski definition) is 4. The van der Waals surface area contributed by atoms with Crippen LogP contribution >= 0.6 is 0 Å². The van der Waals surface area contributed by atoms with Crippen LogP contribution < -0.4 is 4.74 Å². The van der Waals surface area contributed by atoms with E-state index in [0.717, 1.165) is 11.3 Å². The second-order valence-corrected chi connectivity index (χ2v) is 4.48. The lowest BCUT2D eigenvalue weighted by Gasteiger charge is -2.14. The van der Waals surface area contributed by atoms with Gasteiger partial charge in [-0.15, -0.1) is 0 Å². The monoisotopic (exact) mass is 238 g/mol. The van der Waals surface area contributed by atoms with Crippen molar-refractivity contribution < 1.29 is 19.3 Å². The fraction of sp³-hybridized carbons (Fsp3) is 0.538. The number of rotatable bonds is 6. The summed E-state index contributed by atoms with van der Waals surface area (Å²) in [6.45, 7) is 3.27. The minimum Gasteiger partial charge on any atom is -0.497 e. The van der Waals surface area contributed by atoms with Crippen molar-refractivity contribution in [2.45, 2.75) is 25.2 Å². The van der Waals surface area contributed by atoms with E-state index in [0.29, 0.717) is 19.8 Å². The van der Waals surface area contributed by atoms with E-state index in [4.69, 9.17) is 14.2 Å². The van der Waals surface area contributed by atoms with Gasteiger partial charge < -0.3 is 19.3 Å². The quantitative estimate of drug-likeness (QED) is 0.760. The molecule has 1 fully saturated rings. The first kappa shape index (κ1) is 12.4. The molecule has 2 atom stereocenters. The molecule has 94 valence electrons. The summed E-state index contributed by atoms with van der Waals surface area (Å²) in [4.78, 5) is 0. The molecule has 17 heavy (non-hydrogen) atoms. The summed E-state index contributed by atoms with van der Waals surface area (Å²) in [5, 5.41) is 9.74. The fourth-order valence-electron chi connectivity index (χ4n) is 1.49. The van der Waals surface area contributed by atoms with E-state index < -0.39 is 6.10 Å². The van der Waals surface area contributed by atoms with Gasteiger partial charge in [-0.2, -0.15) is 0 Å². The van der Waals surface area contributed by atoms with Crippen molar-refractivity contribution in [1.82, 2.24) is 0 Å². The van der Waals surface area contributed by atoms with Crippen molar-refractivity contribution in [3.05, 3.63) is 29.8 Å². The average molecular weight is 238 g/mol. The summed E-state index contributed by atoms with van der Waals surface area (Å²) < 4.78 is 15.7. The van der Waals surface area contributed by atoms with Crippen LogP contribution in [0.2, 0.25) is 0 Å². The SMILES string of the molecule is COc1ccc(COC[C@@H](O)[C@]2(C)CO2)cc1. The van der Waals surface area contributed by atoms with Crippen molar-refractivity contribution in [2.24, 2.45) is 0 Å². The molecule has 0 bridgehead atoms. The molecular formula is C13H18O4. The van der Waals surface area contributed by atoms with Gasteiger partial charge >= 0.3 is 0 Å². The van der Waals surface area contributed by atoms with Crippen LogP contribution in [-0.4, -0.2) is 37.1 Å². The molecule has 1 aromatic carbocycles. The molecule has 0 aliphatic carbocycles. The first-order chi connectivity index (χ1) is 8.14. The lowest BCUT2D eigenvalue weighted by Crippen LogP contribution is -2.31. The highest BCUT2D eigenvalue weighted by atomic mass is 16.6. The lowest BCUT2D eigenvalue weighted by atomic mass is 10.1. The van der Waals surface area contributed by atoms with Crippen LogP contribution in [0.5, 0.6) is 5.75 Å². The summed E-state index contributed by atoms with van der Waals surface area (Å²) >= 11 is 0. The molecule has 0 saturated carbocycles. The highest BCUT2D eigenvalue weighted by Crippen LogP contribution is 2.30. The van der Waals surface area contributed by atoms with Gasteiger partial charge in [0, 0.05) is 0 Å². The molecule has 1 aromatic rings. The molecule has 4 heteroatoms. The molecule has 1 aliphatic heterocycles. The maximum absolute atomic E-state index is 9.74. The van der Waals surface area contributed by atoms with Gasteiger partial charge in [-0.3, -0.25) is 0 Å². The first-order valence-electron chi connectivity index (χ1n) is 5.67. The Balaban J connectivity index is 1.74. The second kappa shape index (κ2) is 5.04. The van der Waals surface area contributed by atoms with Gasteiger partial charge in [0.15, 0.2) is 0 Å². The summed E-state index contributed by atoms with van der Waals surface area (Å²) in [7, 11) is 1.64. The standard InChI is InChI=1S/C13H18O4/c1-13(9-17-13)12(14)8-16-7-10-3-5-11(15-2)6-4-10/h3-6,12,14H,7-9H2,1-2H3/t12-,13+/m1/s1. The molecule has 0 aromatic heterocycles. The van der Waals surface area contributed by atoms with E-state index in [-0.39, 0.29) is 5.60 Å². The zero-order valence-electron chi connectivity index (χ0n) is 10.2. The molecule has 0 spiro atoms. The summed E-state index contributed by atoms with van der Waals surface area (Å²) in [6.07, 6.45) is -0.555. The molecule has 0 radical (unpaired) electrons. The molecule has 1 heterocycles. The summed E-state index contributed by atoms with van der Waals surface area (Å²) in [6, 6.07) is 7.67. The molecule has 2 rings (SSSR count). The smallest absolute Gasteiger partial charge is 0.118 e. The summed E-state index contributed by atoms with van der Waals surface area (Å²) in [5.74, 6) is 0.827. The van der Waals surface area contributed by atoms with E-state index in [1.54, 1.807) is 7.11 Å². The molecule has 0 unspecified atom stereocenters. The van der Waals surface area contributed by atoms with E-state index in [1.807, 2.05) is 31.2 Å². The molecule has 1 saturated heterocycles. The number of epoxide rings is 1. The van der Waals surface area contributed by atoms with Crippen LogP contribution in [0.3, 0.4) is 0 Å². The Morgan fingerprint density at radius 2 is 2.06 bits per heavy atom. The number of benzene rings is 1. The Morgan fingerprint density at radius 3 is 2.59 bits per heavy atom. The normalized spacial score (nSPS) is 24.4. The minimum atomic E-state index is -0.555. The minimum absolute atomic E-state index is 0.294. The van der Waals surface area contributed by atoms with E-state index in [1.165, 1.54) is 0 Å². The van der Waals surface area contributed by atoms with Gasteiger partial charge in [0.2, 0.25) is 0 Å². The van der Waals surface area contributed by atoms with Gasteiger partial charge in [-0.1, -0.05) is 12.1 Å². The Hall–Kier alpha value is -1.10. The van der Waals surface area contributed by atoms with Gasteiger partial charge in [0.25, 0.3) is 0 Å². The lowest BCUT2D eigenvalue weighted by molar-refractivity contribution is -0.00943. The van der Waals surface area contributed by atoms with Crippen LogP contribution in [0.15, 0.2) is 24.3 Å². The van der Waals surface area contributed by atoms with Crippen molar-refractivity contribution in [3.63, 3.8) is 0 Å². The number of ether oxygens (including phenoxy) is 3. The topological polar surface area (TPSA) is 51.2 Å². The van der Waals surface area contributed by atoms with Crippen LogP contribution in [0.25, 0.3) is 0 Å². The Kier molecular flexibility index (Phi) is 3.66. The van der Waals surface area contributed by atoms with Crippen LogP contribution in [0, 0.1) is 0 Å². The van der Waals surface area contributed by atoms with Gasteiger partial charge in [0.1, 0.15) is 17.5 Å². The highest BCUT2D eigenvalue weighted by Gasteiger charge is 2.46. The predicted octanol–water partition coefficient (Wildman–Crippen LogP) is 1.36. The van der Waals surface area contributed by atoms with Crippen molar-refractivity contribution in [2.75, 3.05) is 20.3 Å². The van der Waals surface area contributed by atoms with Gasteiger partial charge in [-0.05, 0) is 24.6 Å². The van der Waals surface area contributed by atoms with Crippen molar-refractivity contribution >= 4 is 0 Å². The largest absolute Gasteiger partial charge is 0.497 e. The van der Waals surface area contributed by atoms with Crippen molar-refractivity contribution in [1.29, 1.82) is 0 Å². The van der Waals surface area contributed by atoms with Crippen LogP contribution in [0.1, 0.15) is 12.5 Å².